The summed E-state index contributed by atoms with van der Waals surface area (Å²) in [6.07, 6.45) is 13.5. The molecule has 2 aliphatic rings. The topological polar surface area (TPSA) is 50.4 Å². The number of carbonyl (C=O) groups excluding carboxylic acids is 1. The Morgan fingerprint density at radius 2 is 1.59 bits per heavy atom. The predicted octanol–water partition coefficient (Wildman–Crippen LogP) is 5.43. The normalized spacial score (nSPS) is 18.7. The van der Waals surface area contributed by atoms with Gasteiger partial charge in [0.05, 0.1) is 6.61 Å². The average Bonchev–Trinajstić information content (AvgIpc) is 2.71. The van der Waals surface area contributed by atoms with Crippen LogP contribution in [-0.4, -0.2) is 17.6 Å². The number of anilines is 1. The molecule has 2 N–H and O–H groups in total. The van der Waals surface area contributed by atoms with Gasteiger partial charge in [-0.25, -0.2) is 0 Å². The molecule has 0 atom stereocenters. The minimum absolute atomic E-state index is 0.0508. The first-order valence-electron chi connectivity index (χ1n) is 10.6. The van der Waals surface area contributed by atoms with Gasteiger partial charge in [-0.1, -0.05) is 51.4 Å². The van der Waals surface area contributed by atoms with Crippen LogP contribution in [0, 0.1) is 11.8 Å². The largest absolute Gasteiger partial charge is 0.494 e. The summed E-state index contributed by atoms with van der Waals surface area (Å²) in [6, 6.07) is 7.79. The van der Waals surface area contributed by atoms with Crippen molar-refractivity contribution in [2.45, 2.75) is 70.6 Å². The number of thiocarbonyl (C=S) groups is 1. The van der Waals surface area contributed by atoms with Gasteiger partial charge in [-0.2, -0.15) is 0 Å². The van der Waals surface area contributed by atoms with Crippen LogP contribution in [0.3, 0.4) is 0 Å². The van der Waals surface area contributed by atoms with Crippen LogP contribution in [0.15, 0.2) is 24.3 Å². The Balaban J connectivity index is 1.37. The molecule has 3 rings (SSSR count). The van der Waals surface area contributed by atoms with E-state index in [0.717, 1.165) is 56.1 Å². The molecule has 4 nitrogen and oxygen atoms in total. The van der Waals surface area contributed by atoms with Crippen molar-refractivity contribution < 1.29 is 9.53 Å². The number of nitrogens with one attached hydrogen (secondary N) is 2. The lowest BCUT2D eigenvalue weighted by atomic mass is 9.87. The maximum atomic E-state index is 12.2. The highest BCUT2D eigenvalue weighted by Crippen LogP contribution is 2.27. The fraction of sp³-hybridized carbons (Fsp3) is 0.636. The minimum Gasteiger partial charge on any atom is -0.494 e. The Hall–Kier alpha value is -1.62. The maximum absolute atomic E-state index is 12.2. The van der Waals surface area contributed by atoms with Crippen LogP contribution in [0.4, 0.5) is 5.69 Å². The van der Waals surface area contributed by atoms with Crippen LogP contribution in [0.25, 0.3) is 0 Å². The number of carbonyl (C=O) groups is 1. The summed E-state index contributed by atoms with van der Waals surface area (Å²) in [5, 5.41) is 6.30. The summed E-state index contributed by atoms with van der Waals surface area (Å²) >= 11 is 5.28. The lowest BCUT2D eigenvalue weighted by molar-refractivity contribution is -0.124. The lowest BCUT2D eigenvalue weighted by Gasteiger charge is -2.21. The molecule has 1 aromatic rings. The second-order valence-electron chi connectivity index (χ2n) is 7.94. The van der Waals surface area contributed by atoms with E-state index in [0.29, 0.717) is 5.11 Å². The standard InChI is InChI=1S/C22H32N2O2S/c25-21(18-9-5-2-6-10-18)24-22(27)23-19-11-13-20(14-12-19)26-16-15-17-7-3-1-4-8-17/h11-14,17-18H,1-10,15-16H2,(H2,23,24,25,27). The fourth-order valence-corrected chi connectivity index (χ4v) is 4.41. The summed E-state index contributed by atoms with van der Waals surface area (Å²) < 4.78 is 5.88. The Bertz CT molecular complexity index is 605. The maximum Gasteiger partial charge on any atom is 0.229 e. The minimum atomic E-state index is 0.0508. The smallest absolute Gasteiger partial charge is 0.229 e. The van der Waals surface area contributed by atoms with E-state index in [1.54, 1.807) is 0 Å². The van der Waals surface area contributed by atoms with Gasteiger partial charge in [-0.15, -0.1) is 0 Å². The zero-order chi connectivity index (χ0) is 18.9. The van der Waals surface area contributed by atoms with Gasteiger partial charge in [-0.05, 0) is 61.7 Å². The highest BCUT2D eigenvalue weighted by molar-refractivity contribution is 7.80. The third-order valence-electron chi connectivity index (χ3n) is 5.84. The van der Waals surface area contributed by atoms with Gasteiger partial charge in [-0.3, -0.25) is 4.79 Å². The number of rotatable bonds is 6. The van der Waals surface area contributed by atoms with Crippen LogP contribution in [-0.2, 0) is 4.79 Å². The first-order chi connectivity index (χ1) is 13.2. The number of hydrogen-bond acceptors (Lipinski definition) is 3. The predicted molar refractivity (Wildman–Crippen MR) is 114 cm³/mol. The summed E-state index contributed by atoms with van der Waals surface area (Å²) in [5.41, 5.74) is 0.864. The van der Waals surface area contributed by atoms with Gasteiger partial charge in [0.25, 0.3) is 0 Å². The molecule has 0 spiro atoms. The van der Waals surface area contributed by atoms with E-state index in [2.05, 4.69) is 10.6 Å². The first kappa shape index (κ1) is 20.1. The SMILES string of the molecule is O=C(NC(=S)Nc1ccc(OCCC2CCCCC2)cc1)C1CCCCC1. The van der Waals surface area contributed by atoms with Gasteiger partial charge in [0.15, 0.2) is 5.11 Å². The summed E-state index contributed by atoms with van der Waals surface area (Å²) in [4.78, 5) is 12.2. The molecule has 0 unspecified atom stereocenters. The monoisotopic (exact) mass is 388 g/mol. The molecular weight excluding hydrogens is 356 g/mol. The molecule has 148 valence electrons. The third-order valence-corrected chi connectivity index (χ3v) is 6.05. The molecule has 0 radical (unpaired) electrons. The Kier molecular flexibility index (Phi) is 7.93. The van der Waals surface area contributed by atoms with E-state index in [-0.39, 0.29) is 11.8 Å². The van der Waals surface area contributed by atoms with Gasteiger partial charge in [0.1, 0.15) is 5.75 Å². The lowest BCUT2D eigenvalue weighted by Crippen LogP contribution is -2.38. The quantitative estimate of drug-likeness (QED) is 0.638. The van der Waals surface area contributed by atoms with Crippen LogP contribution >= 0.6 is 12.2 Å². The molecule has 0 aliphatic heterocycles. The van der Waals surface area contributed by atoms with Gasteiger partial charge >= 0.3 is 0 Å². The summed E-state index contributed by atoms with van der Waals surface area (Å²) in [7, 11) is 0. The molecule has 5 heteroatoms. The molecular formula is C22H32N2O2S. The molecule has 2 saturated carbocycles. The average molecular weight is 389 g/mol. The molecule has 0 heterocycles. The number of amides is 1. The second-order valence-corrected chi connectivity index (χ2v) is 8.35. The number of benzene rings is 1. The van der Waals surface area contributed by atoms with Gasteiger partial charge < -0.3 is 15.4 Å². The van der Waals surface area contributed by atoms with Crippen LogP contribution < -0.4 is 15.4 Å². The molecule has 2 aliphatic carbocycles. The molecule has 0 bridgehead atoms. The highest BCUT2D eigenvalue weighted by Gasteiger charge is 2.21. The Labute approximate surface area is 168 Å². The van der Waals surface area contributed by atoms with Gasteiger partial charge in [0.2, 0.25) is 5.91 Å². The van der Waals surface area contributed by atoms with Crippen molar-refractivity contribution >= 4 is 28.9 Å². The molecule has 1 aromatic carbocycles. The van der Waals surface area contributed by atoms with Crippen molar-refractivity contribution in [2.75, 3.05) is 11.9 Å². The van der Waals surface area contributed by atoms with Crippen LogP contribution in [0.5, 0.6) is 5.75 Å². The van der Waals surface area contributed by atoms with E-state index < -0.39 is 0 Å². The van der Waals surface area contributed by atoms with Crippen molar-refractivity contribution in [3.8, 4) is 5.75 Å². The Morgan fingerprint density at radius 1 is 0.963 bits per heavy atom. The third kappa shape index (κ3) is 6.80. The number of hydrogen-bond donors (Lipinski definition) is 2. The Morgan fingerprint density at radius 3 is 2.26 bits per heavy atom. The highest BCUT2D eigenvalue weighted by atomic mass is 32.1. The van der Waals surface area contributed by atoms with Gasteiger partial charge in [0, 0.05) is 11.6 Å². The van der Waals surface area contributed by atoms with E-state index in [9.17, 15) is 4.79 Å². The van der Waals surface area contributed by atoms with Crippen LogP contribution in [0.1, 0.15) is 70.6 Å². The summed E-state index contributed by atoms with van der Waals surface area (Å²) in [6.45, 7) is 0.785. The van der Waals surface area contributed by atoms with Crippen molar-refractivity contribution in [3.63, 3.8) is 0 Å². The molecule has 0 saturated heterocycles. The zero-order valence-electron chi connectivity index (χ0n) is 16.2. The second kappa shape index (κ2) is 10.6. The van der Waals surface area contributed by atoms with Crippen LogP contribution in [0.2, 0.25) is 0 Å². The van der Waals surface area contributed by atoms with Crippen molar-refractivity contribution in [1.82, 2.24) is 5.32 Å². The first-order valence-corrected chi connectivity index (χ1v) is 11.0. The van der Waals surface area contributed by atoms with E-state index in [1.807, 2.05) is 24.3 Å². The summed E-state index contributed by atoms with van der Waals surface area (Å²) in [5.74, 6) is 1.88. The fourth-order valence-electron chi connectivity index (χ4n) is 4.19. The van der Waals surface area contributed by atoms with E-state index in [4.69, 9.17) is 17.0 Å². The molecule has 1 amide bonds. The van der Waals surface area contributed by atoms with Crippen molar-refractivity contribution in [3.05, 3.63) is 24.3 Å². The molecule has 2 fully saturated rings. The molecule has 0 aromatic heterocycles. The van der Waals surface area contributed by atoms with E-state index >= 15 is 0 Å². The zero-order valence-corrected chi connectivity index (χ0v) is 17.0. The molecule has 27 heavy (non-hydrogen) atoms. The number of ether oxygens (including phenoxy) is 1. The van der Waals surface area contributed by atoms with Crippen molar-refractivity contribution in [2.24, 2.45) is 11.8 Å². The van der Waals surface area contributed by atoms with E-state index in [1.165, 1.54) is 38.5 Å². The van der Waals surface area contributed by atoms with Crippen molar-refractivity contribution in [1.29, 1.82) is 0 Å².